The standard InChI is InChI=1S/C31H31F3N2O7S/c32-24-12-16-36(43-30(39)21-7-2-1-3-8-21)26(28(24)35-44(40,41)31(34)14-15-31)19-20-6-4-9-22(18-20)23-10-5-11-25(33)29(23)42-17-13-27(37)38/h1-11,18,24,26,28,35H,12-17,19H2,(H,37,38)/t24-,26-,28-/m0/s1. The third kappa shape index (κ3) is 7.06. The first-order valence-corrected chi connectivity index (χ1v) is 15.6. The maximum absolute atomic E-state index is 15.5. The molecule has 3 aromatic carbocycles. The Morgan fingerprint density at radius 1 is 1.05 bits per heavy atom. The fourth-order valence-corrected chi connectivity index (χ4v) is 6.64. The van der Waals surface area contributed by atoms with Crippen LogP contribution in [0.3, 0.4) is 0 Å². The Kier molecular flexibility index (Phi) is 9.28. The normalized spacial score (nSPS) is 21.4. The van der Waals surface area contributed by atoms with Crippen LogP contribution in [0.1, 0.15) is 41.6 Å². The van der Waals surface area contributed by atoms with Crippen LogP contribution in [-0.4, -0.2) is 66.9 Å². The molecule has 3 aromatic rings. The van der Waals surface area contributed by atoms with Gasteiger partial charge in [0.2, 0.25) is 15.0 Å². The first kappa shape index (κ1) is 31.5. The second kappa shape index (κ2) is 13.0. The molecule has 1 heterocycles. The minimum Gasteiger partial charge on any atom is -0.489 e. The molecule has 44 heavy (non-hydrogen) atoms. The average Bonchev–Trinajstić information content (AvgIpc) is 3.76. The van der Waals surface area contributed by atoms with Gasteiger partial charge in [-0.3, -0.25) is 4.79 Å². The van der Waals surface area contributed by atoms with Crippen LogP contribution >= 0.6 is 0 Å². The number of sulfonamides is 1. The van der Waals surface area contributed by atoms with E-state index < -0.39 is 51.0 Å². The van der Waals surface area contributed by atoms with E-state index in [1.54, 1.807) is 48.5 Å². The molecule has 1 aliphatic heterocycles. The number of nitrogens with one attached hydrogen (secondary N) is 1. The zero-order valence-electron chi connectivity index (χ0n) is 23.5. The molecule has 1 saturated heterocycles. The smallest absolute Gasteiger partial charge is 0.357 e. The number of alkyl halides is 2. The van der Waals surface area contributed by atoms with Gasteiger partial charge < -0.3 is 14.7 Å². The lowest BCUT2D eigenvalue weighted by molar-refractivity contribution is -0.166. The second-order valence-electron chi connectivity index (χ2n) is 10.8. The van der Waals surface area contributed by atoms with Gasteiger partial charge in [-0.1, -0.05) is 54.6 Å². The summed E-state index contributed by atoms with van der Waals surface area (Å²) in [5.74, 6) is -2.67. The molecule has 3 atom stereocenters. The lowest BCUT2D eigenvalue weighted by Crippen LogP contribution is -2.62. The second-order valence-corrected chi connectivity index (χ2v) is 12.8. The van der Waals surface area contributed by atoms with Crippen molar-refractivity contribution in [2.75, 3.05) is 13.2 Å². The van der Waals surface area contributed by atoms with Gasteiger partial charge in [-0.15, -0.1) is 5.06 Å². The number of ether oxygens (including phenoxy) is 1. The summed E-state index contributed by atoms with van der Waals surface area (Å²) in [5.41, 5.74) is 1.61. The third-order valence-corrected chi connectivity index (χ3v) is 9.59. The maximum atomic E-state index is 15.5. The first-order valence-electron chi connectivity index (χ1n) is 14.1. The summed E-state index contributed by atoms with van der Waals surface area (Å²) in [7, 11) is -4.55. The van der Waals surface area contributed by atoms with Crippen LogP contribution in [0.15, 0.2) is 72.8 Å². The number of benzene rings is 3. The van der Waals surface area contributed by atoms with Crippen LogP contribution in [0.4, 0.5) is 13.2 Å². The van der Waals surface area contributed by atoms with Crippen molar-refractivity contribution in [1.82, 2.24) is 9.79 Å². The highest BCUT2D eigenvalue weighted by Gasteiger charge is 2.57. The predicted molar refractivity (Wildman–Crippen MR) is 154 cm³/mol. The lowest BCUT2D eigenvalue weighted by atomic mass is 9.90. The highest BCUT2D eigenvalue weighted by atomic mass is 32.2. The number of para-hydroxylation sites is 1. The van der Waals surface area contributed by atoms with E-state index in [1.807, 2.05) is 0 Å². The summed E-state index contributed by atoms with van der Waals surface area (Å²) >= 11 is 0. The average molecular weight is 633 g/mol. The molecule has 0 bridgehead atoms. The van der Waals surface area contributed by atoms with E-state index in [2.05, 4.69) is 4.72 Å². The molecule has 9 nitrogen and oxygen atoms in total. The zero-order chi connectivity index (χ0) is 31.5. The van der Waals surface area contributed by atoms with Gasteiger partial charge in [0.05, 0.1) is 30.7 Å². The fraction of sp³-hybridized carbons (Fsp3) is 0.355. The summed E-state index contributed by atoms with van der Waals surface area (Å²) in [4.78, 5) is 29.5. The number of carboxylic acids is 1. The first-order chi connectivity index (χ1) is 21.0. The van der Waals surface area contributed by atoms with Gasteiger partial charge in [0, 0.05) is 24.9 Å². The molecule has 13 heteroatoms. The van der Waals surface area contributed by atoms with Gasteiger partial charge in [0.15, 0.2) is 11.6 Å². The van der Waals surface area contributed by atoms with E-state index in [0.29, 0.717) is 16.7 Å². The van der Waals surface area contributed by atoms with Gasteiger partial charge in [0.1, 0.15) is 6.17 Å². The molecule has 2 N–H and O–H groups in total. The highest BCUT2D eigenvalue weighted by molar-refractivity contribution is 7.91. The predicted octanol–water partition coefficient (Wildman–Crippen LogP) is 4.82. The molecule has 1 saturated carbocycles. The SMILES string of the molecule is O=C(O)CCOc1c(F)cccc1-c1cccc(C[C@H]2[C@@H](NS(=O)(=O)C3(F)CC3)[C@@H](F)CCN2OC(=O)c2ccccc2)c1. The monoisotopic (exact) mass is 632 g/mol. The Morgan fingerprint density at radius 3 is 2.48 bits per heavy atom. The van der Waals surface area contributed by atoms with E-state index in [-0.39, 0.29) is 56.6 Å². The summed E-state index contributed by atoms with van der Waals surface area (Å²) in [6.07, 6.45) is -2.65. The molecule has 5 rings (SSSR count). The number of piperidine rings is 1. The zero-order valence-corrected chi connectivity index (χ0v) is 24.3. The fourth-order valence-electron chi connectivity index (χ4n) is 5.13. The van der Waals surface area contributed by atoms with Crippen molar-refractivity contribution in [1.29, 1.82) is 0 Å². The van der Waals surface area contributed by atoms with Gasteiger partial charge in [-0.05, 0) is 42.2 Å². The van der Waals surface area contributed by atoms with Gasteiger partial charge in [0.25, 0.3) is 0 Å². The Labute approximate surface area is 252 Å². The molecule has 0 spiro atoms. The van der Waals surface area contributed by atoms with E-state index >= 15 is 4.39 Å². The minimum atomic E-state index is -4.55. The Balaban J connectivity index is 1.46. The number of hydrogen-bond acceptors (Lipinski definition) is 7. The molecule has 0 aromatic heterocycles. The molecule has 0 radical (unpaired) electrons. The van der Waals surface area contributed by atoms with Crippen molar-refractivity contribution < 1.29 is 45.9 Å². The van der Waals surface area contributed by atoms with Crippen LogP contribution < -0.4 is 9.46 Å². The van der Waals surface area contributed by atoms with Gasteiger partial charge in [-0.2, -0.15) is 0 Å². The molecular weight excluding hydrogens is 601 g/mol. The highest BCUT2D eigenvalue weighted by Crippen LogP contribution is 2.45. The van der Waals surface area contributed by atoms with Crippen LogP contribution in [0.2, 0.25) is 0 Å². The van der Waals surface area contributed by atoms with Crippen LogP contribution in [-0.2, 0) is 26.1 Å². The topological polar surface area (TPSA) is 122 Å². The van der Waals surface area contributed by atoms with Crippen LogP contribution in [0, 0.1) is 5.82 Å². The number of hydrogen-bond donors (Lipinski definition) is 2. The van der Waals surface area contributed by atoms with E-state index in [9.17, 15) is 26.8 Å². The number of carboxylic acid groups (broad SMARTS) is 1. The number of carbonyl (C=O) groups excluding carboxylic acids is 1. The quantitative estimate of drug-likeness (QED) is 0.292. The summed E-state index contributed by atoms with van der Waals surface area (Å²) < 4.78 is 78.3. The number of carbonyl (C=O) groups is 2. The Morgan fingerprint density at radius 2 is 1.77 bits per heavy atom. The number of nitrogens with zero attached hydrogens (tertiary/aromatic N) is 1. The summed E-state index contributed by atoms with van der Waals surface area (Å²) in [6, 6.07) is 16.5. The number of aliphatic carboxylic acids is 1. The van der Waals surface area contributed by atoms with Crippen molar-refractivity contribution in [3.05, 3.63) is 89.7 Å². The van der Waals surface area contributed by atoms with Crippen LogP contribution in [0.5, 0.6) is 5.75 Å². The lowest BCUT2D eigenvalue weighted by Gasteiger charge is -2.41. The summed E-state index contributed by atoms with van der Waals surface area (Å²) in [5, 5.41) is 7.69. The molecule has 234 valence electrons. The number of rotatable bonds is 12. The Bertz CT molecular complexity index is 1620. The molecular formula is C31H31F3N2O7S. The van der Waals surface area contributed by atoms with Crippen molar-refractivity contribution in [3.63, 3.8) is 0 Å². The van der Waals surface area contributed by atoms with Gasteiger partial charge >= 0.3 is 11.9 Å². The van der Waals surface area contributed by atoms with Crippen LogP contribution in [0.25, 0.3) is 11.1 Å². The molecule has 0 amide bonds. The molecule has 0 unspecified atom stereocenters. The largest absolute Gasteiger partial charge is 0.489 e. The van der Waals surface area contributed by atoms with Crippen molar-refractivity contribution in [2.45, 2.75) is 55.4 Å². The van der Waals surface area contributed by atoms with Crippen molar-refractivity contribution in [3.8, 4) is 16.9 Å². The maximum Gasteiger partial charge on any atom is 0.357 e. The van der Waals surface area contributed by atoms with E-state index in [1.165, 1.54) is 29.3 Å². The Hall–Kier alpha value is -3.94. The van der Waals surface area contributed by atoms with E-state index in [4.69, 9.17) is 14.7 Å². The van der Waals surface area contributed by atoms with Crippen molar-refractivity contribution >= 4 is 22.0 Å². The number of hydroxylamine groups is 2. The number of halogens is 3. The summed E-state index contributed by atoms with van der Waals surface area (Å²) in [6.45, 7) is -0.308. The minimum absolute atomic E-state index is 0.0344. The van der Waals surface area contributed by atoms with E-state index in [0.717, 1.165) is 0 Å². The van der Waals surface area contributed by atoms with Crippen molar-refractivity contribution in [2.24, 2.45) is 0 Å². The molecule has 1 aliphatic carbocycles. The molecule has 2 fully saturated rings. The third-order valence-electron chi connectivity index (χ3n) is 7.64. The van der Waals surface area contributed by atoms with Gasteiger partial charge in [-0.25, -0.2) is 31.1 Å². The molecule has 2 aliphatic rings.